The quantitative estimate of drug-likeness (QED) is 0.143. The number of para-hydroxylation sites is 2. The zero-order chi connectivity index (χ0) is 25.5. The second-order valence-corrected chi connectivity index (χ2v) is 10.3. The molecule has 0 aliphatic heterocycles. The summed E-state index contributed by atoms with van der Waals surface area (Å²) in [5, 5.41) is 0. The molecule has 0 unspecified atom stereocenters. The molecular formula is C34H54O2. The van der Waals surface area contributed by atoms with Gasteiger partial charge >= 0.3 is 0 Å². The van der Waals surface area contributed by atoms with Crippen molar-refractivity contribution in [3.05, 3.63) is 48.5 Å². The van der Waals surface area contributed by atoms with E-state index in [2.05, 4.69) is 43.3 Å². The predicted octanol–water partition coefficient (Wildman–Crippen LogP) is 11.2. The van der Waals surface area contributed by atoms with Gasteiger partial charge in [-0.15, -0.1) is 0 Å². The molecule has 0 aromatic heterocycles. The molecule has 2 aromatic rings. The van der Waals surface area contributed by atoms with Crippen LogP contribution in [0.2, 0.25) is 0 Å². The Morgan fingerprint density at radius 1 is 0.417 bits per heavy atom. The van der Waals surface area contributed by atoms with E-state index in [0.717, 1.165) is 35.7 Å². The van der Waals surface area contributed by atoms with Gasteiger partial charge in [-0.2, -0.15) is 0 Å². The first kappa shape index (κ1) is 30.3. The summed E-state index contributed by atoms with van der Waals surface area (Å²) in [7, 11) is 0. The highest BCUT2D eigenvalue weighted by Crippen LogP contribution is 2.36. The smallest absolute Gasteiger partial charge is 0.127 e. The summed E-state index contributed by atoms with van der Waals surface area (Å²) in [6.07, 6.45) is 25.2. The van der Waals surface area contributed by atoms with Crippen LogP contribution >= 0.6 is 0 Å². The Bertz CT molecular complexity index is 769. The third-order valence-electron chi connectivity index (χ3n) is 7.12. The molecule has 2 rings (SSSR count). The van der Waals surface area contributed by atoms with Crippen LogP contribution in [0.15, 0.2) is 48.5 Å². The summed E-state index contributed by atoms with van der Waals surface area (Å²) in [5.41, 5.74) is 2.22. The van der Waals surface area contributed by atoms with Gasteiger partial charge in [0, 0.05) is 11.1 Å². The molecule has 0 radical (unpaired) electrons. The SMILES string of the molecule is CCCCCCCCCCCCCCCCCCCCOc1ccccc1-c1ccccc1OCC. The van der Waals surface area contributed by atoms with E-state index in [-0.39, 0.29) is 0 Å². The minimum Gasteiger partial charge on any atom is -0.493 e. The second kappa shape index (κ2) is 21.2. The van der Waals surface area contributed by atoms with E-state index in [4.69, 9.17) is 9.47 Å². The van der Waals surface area contributed by atoms with E-state index in [1.807, 2.05) is 19.1 Å². The van der Waals surface area contributed by atoms with Gasteiger partial charge in [-0.3, -0.25) is 0 Å². The first-order valence-corrected chi connectivity index (χ1v) is 15.3. The summed E-state index contributed by atoms with van der Waals surface area (Å²) >= 11 is 0. The zero-order valence-corrected chi connectivity index (χ0v) is 23.6. The minimum atomic E-state index is 0.666. The molecule has 0 heterocycles. The maximum Gasteiger partial charge on any atom is 0.127 e. The van der Waals surface area contributed by atoms with Gasteiger partial charge in [-0.25, -0.2) is 0 Å². The van der Waals surface area contributed by atoms with E-state index in [1.165, 1.54) is 109 Å². The monoisotopic (exact) mass is 494 g/mol. The first-order valence-electron chi connectivity index (χ1n) is 15.3. The Hall–Kier alpha value is -1.96. The molecule has 36 heavy (non-hydrogen) atoms. The van der Waals surface area contributed by atoms with Crippen molar-refractivity contribution in [3.63, 3.8) is 0 Å². The average molecular weight is 495 g/mol. The lowest BCUT2D eigenvalue weighted by Gasteiger charge is -2.14. The topological polar surface area (TPSA) is 18.5 Å². The van der Waals surface area contributed by atoms with Crippen molar-refractivity contribution in [1.29, 1.82) is 0 Å². The number of hydrogen-bond acceptors (Lipinski definition) is 2. The van der Waals surface area contributed by atoms with Crippen LogP contribution in [0.5, 0.6) is 11.5 Å². The Balaban J connectivity index is 1.45. The van der Waals surface area contributed by atoms with Gasteiger partial charge in [-0.1, -0.05) is 152 Å². The second-order valence-electron chi connectivity index (χ2n) is 10.3. The fourth-order valence-electron chi connectivity index (χ4n) is 4.97. The van der Waals surface area contributed by atoms with Crippen LogP contribution in [0.1, 0.15) is 129 Å². The van der Waals surface area contributed by atoms with Crippen molar-refractivity contribution < 1.29 is 9.47 Å². The van der Waals surface area contributed by atoms with Crippen molar-refractivity contribution in [3.8, 4) is 22.6 Å². The molecule has 0 bridgehead atoms. The lowest BCUT2D eigenvalue weighted by molar-refractivity contribution is 0.305. The van der Waals surface area contributed by atoms with Crippen molar-refractivity contribution in [1.82, 2.24) is 0 Å². The van der Waals surface area contributed by atoms with Gasteiger partial charge in [0.1, 0.15) is 11.5 Å². The van der Waals surface area contributed by atoms with Gasteiger partial charge in [0.15, 0.2) is 0 Å². The van der Waals surface area contributed by atoms with Crippen molar-refractivity contribution in [2.24, 2.45) is 0 Å². The summed E-state index contributed by atoms with van der Waals surface area (Å²) < 4.78 is 12.0. The molecule has 0 atom stereocenters. The van der Waals surface area contributed by atoms with Crippen molar-refractivity contribution in [2.45, 2.75) is 129 Å². The molecule has 202 valence electrons. The Morgan fingerprint density at radius 2 is 0.778 bits per heavy atom. The highest BCUT2D eigenvalue weighted by Gasteiger charge is 2.10. The largest absolute Gasteiger partial charge is 0.493 e. The summed E-state index contributed by atoms with van der Waals surface area (Å²) in [4.78, 5) is 0. The summed E-state index contributed by atoms with van der Waals surface area (Å²) in [5.74, 6) is 1.88. The van der Waals surface area contributed by atoms with E-state index in [1.54, 1.807) is 0 Å². The molecule has 2 aromatic carbocycles. The molecule has 0 aliphatic carbocycles. The third-order valence-corrected chi connectivity index (χ3v) is 7.12. The maximum atomic E-state index is 6.20. The van der Waals surface area contributed by atoms with Gasteiger partial charge in [0.25, 0.3) is 0 Å². The van der Waals surface area contributed by atoms with Crippen molar-refractivity contribution in [2.75, 3.05) is 13.2 Å². The van der Waals surface area contributed by atoms with Gasteiger partial charge in [0.05, 0.1) is 13.2 Å². The molecule has 0 N–H and O–H groups in total. The van der Waals surface area contributed by atoms with E-state index >= 15 is 0 Å². The molecule has 0 fully saturated rings. The molecule has 0 saturated heterocycles. The molecule has 0 saturated carbocycles. The first-order chi connectivity index (χ1) is 17.9. The van der Waals surface area contributed by atoms with Crippen LogP contribution in [0.4, 0.5) is 0 Å². The van der Waals surface area contributed by atoms with Gasteiger partial charge in [-0.05, 0) is 25.5 Å². The average Bonchev–Trinajstić information content (AvgIpc) is 2.91. The van der Waals surface area contributed by atoms with Crippen LogP contribution < -0.4 is 9.47 Å². The van der Waals surface area contributed by atoms with Gasteiger partial charge in [0.2, 0.25) is 0 Å². The lowest BCUT2D eigenvalue weighted by Crippen LogP contribution is -2.00. The third kappa shape index (κ3) is 13.4. The fourth-order valence-corrected chi connectivity index (χ4v) is 4.97. The highest BCUT2D eigenvalue weighted by atomic mass is 16.5. The minimum absolute atomic E-state index is 0.666. The maximum absolute atomic E-state index is 6.20. The molecule has 0 spiro atoms. The molecular weight excluding hydrogens is 440 g/mol. The number of benzene rings is 2. The van der Waals surface area contributed by atoms with Crippen LogP contribution in [0.3, 0.4) is 0 Å². The lowest BCUT2D eigenvalue weighted by atomic mass is 10.0. The normalized spacial score (nSPS) is 11.1. The van der Waals surface area contributed by atoms with E-state index in [0.29, 0.717) is 6.61 Å². The Morgan fingerprint density at radius 3 is 1.19 bits per heavy atom. The number of ether oxygens (including phenoxy) is 2. The van der Waals surface area contributed by atoms with Crippen molar-refractivity contribution >= 4 is 0 Å². The van der Waals surface area contributed by atoms with Crippen LogP contribution in [-0.4, -0.2) is 13.2 Å². The molecule has 2 heteroatoms. The number of hydrogen-bond donors (Lipinski definition) is 0. The van der Waals surface area contributed by atoms with Gasteiger partial charge < -0.3 is 9.47 Å². The van der Waals surface area contributed by atoms with E-state index in [9.17, 15) is 0 Å². The van der Waals surface area contributed by atoms with Crippen LogP contribution in [-0.2, 0) is 0 Å². The molecule has 0 amide bonds. The zero-order valence-electron chi connectivity index (χ0n) is 23.6. The summed E-state index contributed by atoms with van der Waals surface area (Å²) in [6, 6.07) is 16.6. The standard InChI is InChI=1S/C34H54O2/c1-3-5-6-7-8-9-10-11-12-13-14-15-16-17-18-19-20-25-30-36-34-29-24-22-27-32(34)31-26-21-23-28-33(31)35-4-2/h21-24,26-29H,3-20,25,30H2,1-2H3. The molecule has 0 aliphatic rings. The number of rotatable bonds is 23. The van der Waals surface area contributed by atoms with Crippen LogP contribution in [0.25, 0.3) is 11.1 Å². The number of unbranched alkanes of at least 4 members (excludes halogenated alkanes) is 17. The highest BCUT2D eigenvalue weighted by molar-refractivity contribution is 5.75. The Labute approximate surface area is 223 Å². The van der Waals surface area contributed by atoms with E-state index < -0.39 is 0 Å². The van der Waals surface area contributed by atoms with Crippen LogP contribution in [0, 0.1) is 0 Å². The summed E-state index contributed by atoms with van der Waals surface area (Å²) in [6.45, 7) is 5.77. The fraction of sp³-hybridized carbons (Fsp3) is 0.647. The molecule has 2 nitrogen and oxygen atoms in total. The predicted molar refractivity (Wildman–Crippen MR) is 157 cm³/mol. The Kier molecular flexibility index (Phi) is 17.8.